The maximum atomic E-state index is 12.9. The SMILES string of the molecule is O=C(NCc1cccnc1)C1=CC(c2nc3ccc(C(F)(F)F)cc3[nH]2)=CCC1=S. The number of pyridine rings is 1. The van der Waals surface area contributed by atoms with Crippen molar-refractivity contribution in [3.8, 4) is 0 Å². The fourth-order valence-electron chi connectivity index (χ4n) is 3.07. The van der Waals surface area contributed by atoms with Gasteiger partial charge in [-0.25, -0.2) is 4.98 Å². The van der Waals surface area contributed by atoms with Crippen molar-refractivity contribution in [3.05, 3.63) is 77.4 Å². The minimum Gasteiger partial charge on any atom is -0.348 e. The van der Waals surface area contributed by atoms with Crippen molar-refractivity contribution in [1.82, 2.24) is 20.3 Å². The van der Waals surface area contributed by atoms with Crippen LogP contribution in [-0.2, 0) is 17.5 Å². The molecule has 30 heavy (non-hydrogen) atoms. The standard InChI is InChI=1S/C21H15F3N4OS/c22-21(23,24)14-4-5-16-17(9-14)28-19(27-16)13-3-6-18(30)15(8-13)20(29)26-11-12-2-1-7-25-10-12/h1-5,7-10H,6,11H2,(H,26,29)(H,27,28). The number of nitrogens with one attached hydrogen (secondary N) is 2. The predicted octanol–water partition coefficient (Wildman–Crippen LogP) is 4.38. The van der Waals surface area contributed by atoms with Crippen molar-refractivity contribution in [2.24, 2.45) is 0 Å². The van der Waals surface area contributed by atoms with Gasteiger partial charge >= 0.3 is 6.18 Å². The quantitative estimate of drug-likeness (QED) is 0.606. The van der Waals surface area contributed by atoms with Crippen LogP contribution < -0.4 is 5.32 Å². The molecule has 0 atom stereocenters. The number of alkyl halides is 3. The summed E-state index contributed by atoms with van der Waals surface area (Å²) in [5.41, 5.74) is 1.70. The number of aromatic nitrogens is 3. The summed E-state index contributed by atoms with van der Waals surface area (Å²) in [6, 6.07) is 6.95. The van der Waals surface area contributed by atoms with Gasteiger partial charge in [-0.15, -0.1) is 0 Å². The summed E-state index contributed by atoms with van der Waals surface area (Å²) in [6.07, 6.45) is 2.63. The number of nitrogens with zero attached hydrogens (tertiary/aromatic N) is 2. The van der Waals surface area contributed by atoms with Gasteiger partial charge < -0.3 is 10.3 Å². The van der Waals surface area contributed by atoms with Gasteiger partial charge in [0, 0.05) is 35.8 Å². The zero-order valence-corrected chi connectivity index (χ0v) is 16.3. The van der Waals surface area contributed by atoms with Crippen molar-refractivity contribution < 1.29 is 18.0 Å². The van der Waals surface area contributed by atoms with Crippen LogP contribution in [0.1, 0.15) is 23.4 Å². The summed E-state index contributed by atoms with van der Waals surface area (Å²) in [4.78, 5) is 24.4. The summed E-state index contributed by atoms with van der Waals surface area (Å²) in [7, 11) is 0. The second-order valence-electron chi connectivity index (χ2n) is 6.70. The minimum absolute atomic E-state index is 0.268. The molecule has 1 aliphatic carbocycles. The maximum Gasteiger partial charge on any atom is 0.416 e. The van der Waals surface area contributed by atoms with E-state index in [2.05, 4.69) is 20.3 Å². The number of amides is 1. The van der Waals surface area contributed by atoms with Crippen LogP contribution in [0.25, 0.3) is 16.6 Å². The molecular weight excluding hydrogens is 413 g/mol. The van der Waals surface area contributed by atoms with Gasteiger partial charge in [-0.1, -0.05) is 24.4 Å². The number of carbonyl (C=O) groups is 1. The Morgan fingerprint density at radius 3 is 2.83 bits per heavy atom. The Morgan fingerprint density at radius 2 is 2.10 bits per heavy atom. The number of halogens is 3. The molecule has 152 valence electrons. The molecule has 0 unspecified atom stereocenters. The molecule has 0 saturated carbocycles. The largest absolute Gasteiger partial charge is 0.416 e. The third-order valence-electron chi connectivity index (χ3n) is 4.61. The van der Waals surface area contributed by atoms with Gasteiger partial charge in [0.2, 0.25) is 0 Å². The number of benzene rings is 1. The van der Waals surface area contributed by atoms with Gasteiger partial charge in [0.1, 0.15) is 5.82 Å². The van der Waals surface area contributed by atoms with Crippen molar-refractivity contribution in [1.29, 1.82) is 0 Å². The van der Waals surface area contributed by atoms with E-state index < -0.39 is 11.7 Å². The zero-order valence-electron chi connectivity index (χ0n) is 15.5. The average Bonchev–Trinajstić information content (AvgIpc) is 3.16. The van der Waals surface area contributed by atoms with Gasteiger partial charge in [0.05, 0.1) is 22.2 Å². The van der Waals surface area contributed by atoms with Gasteiger partial charge in [0.15, 0.2) is 0 Å². The Kier molecular flexibility index (Phi) is 5.21. The first-order chi connectivity index (χ1) is 14.3. The van der Waals surface area contributed by atoms with Gasteiger partial charge in [-0.05, 0) is 35.9 Å². The summed E-state index contributed by atoms with van der Waals surface area (Å²) in [6.45, 7) is 0.302. The van der Waals surface area contributed by atoms with Crippen LogP contribution in [-0.4, -0.2) is 25.7 Å². The topological polar surface area (TPSA) is 70.7 Å². The number of H-pyrrole nitrogens is 1. The lowest BCUT2D eigenvalue weighted by molar-refractivity contribution is -0.137. The van der Waals surface area contributed by atoms with Crippen LogP contribution in [0.3, 0.4) is 0 Å². The van der Waals surface area contributed by atoms with Crippen molar-refractivity contribution in [3.63, 3.8) is 0 Å². The molecule has 0 saturated heterocycles. The molecule has 3 aromatic rings. The van der Waals surface area contributed by atoms with E-state index in [1.54, 1.807) is 30.6 Å². The number of aromatic amines is 1. The first-order valence-electron chi connectivity index (χ1n) is 9.01. The van der Waals surface area contributed by atoms with Crippen LogP contribution in [0.2, 0.25) is 0 Å². The van der Waals surface area contributed by atoms with Crippen LogP contribution in [0.15, 0.2) is 60.5 Å². The summed E-state index contributed by atoms with van der Waals surface area (Å²) in [5, 5.41) is 2.80. The lowest BCUT2D eigenvalue weighted by atomic mass is 9.98. The molecule has 0 fully saturated rings. The van der Waals surface area contributed by atoms with Crippen molar-refractivity contribution in [2.75, 3.05) is 0 Å². The van der Waals surface area contributed by atoms with E-state index in [9.17, 15) is 18.0 Å². The number of thiocarbonyl (C=S) groups is 1. The van der Waals surface area contributed by atoms with Gasteiger partial charge in [-0.2, -0.15) is 13.2 Å². The Hall–Kier alpha value is -3.33. The van der Waals surface area contributed by atoms with Crippen LogP contribution in [0, 0.1) is 0 Å². The summed E-state index contributed by atoms with van der Waals surface area (Å²) < 4.78 is 38.8. The number of imidazole rings is 1. The fourth-order valence-corrected chi connectivity index (χ4v) is 3.30. The average molecular weight is 428 g/mol. The van der Waals surface area contributed by atoms with E-state index in [0.29, 0.717) is 40.3 Å². The fraction of sp³-hybridized carbons (Fsp3) is 0.143. The van der Waals surface area contributed by atoms with Gasteiger partial charge in [0.25, 0.3) is 5.91 Å². The summed E-state index contributed by atoms with van der Waals surface area (Å²) in [5.74, 6) is 0.0503. The van der Waals surface area contributed by atoms with Crippen LogP contribution in [0.4, 0.5) is 13.2 Å². The number of fused-ring (bicyclic) bond motifs is 1. The van der Waals surface area contributed by atoms with E-state index >= 15 is 0 Å². The normalized spacial score (nSPS) is 14.4. The molecule has 5 nitrogen and oxygen atoms in total. The van der Waals surface area contributed by atoms with E-state index in [1.807, 2.05) is 6.07 Å². The van der Waals surface area contributed by atoms with Crippen LogP contribution >= 0.6 is 12.2 Å². The van der Waals surface area contributed by atoms with E-state index in [1.165, 1.54) is 6.07 Å². The number of carbonyl (C=O) groups excluding carboxylic acids is 1. The molecule has 1 aliphatic rings. The number of allylic oxidation sites excluding steroid dienone is 3. The molecule has 2 aromatic heterocycles. The molecule has 1 aromatic carbocycles. The van der Waals surface area contributed by atoms with E-state index in [-0.39, 0.29) is 11.4 Å². The Bertz CT molecular complexity index is 1200. The summed E-state index contributed by atoms with van der Waals surface area (Å²) >= 11 is 5.32. The Labute approximate surface area is 174 Å². The highest BCUT2D eigenvalue weighted by Crippen LogP contribution is 2.32. The lowest BCUT2D eigenvalue weighted by Gasteiger charge is -2.14. The van der Waals surface area contributed by atoms with E-state index in [4.69, 9.17) is 12.2 Å². The lowest BCUT2D eigenvalue weighted by Crippen LogP contribution is -2.28. The molecule has 9 heteroatoms. The molecule has 0 radical (unpaired) electrons. The molecular formula is C21H15F3N4OS. The molecule has 4 rings (SSSR count). The van der Waals surface area contributed by atoms with E-state index in [0.717, 1.165) is 17.7 Å². The monoisotopic (exact) mass is 428 g/mol. The maximum absolute atomic E-state index is 12.9. The second-order valence-corrected chi connectivity index (χ2v) is 7.20. The Balaban J connectivity index is 1.57. The molecule has 2 heterocycles. The van der Waals surface area contributed by atoms with Gasteiger partial charge in [-0.3, -0.25) is 9.78 Å². The predicted molar refractivity (Wildman–Crippen MR) is 110 cm³/mol. The molecule has 0 bridgehead atoms. The molecule has 0 spiro atoms. The third kappa shape index (κ3) is 4.16. The second kappa shape index (κ2) is 7.83. The highest BCUT2D eigenvalue weighted by Gasteiger charge is 2.31. The minimum atomic E-state index is -4.44. The highest BCUT2D eigenvalue weighted by molar-refractivity contribution is 7.81. The highest BCUT2D eigenvalue weighted by atomic mass is 32.1. The van der Waals surface area contributed by atoms with Crippen LogP contribution in [0.5, 0.6) is 0 Å². The third-order valence-corrected chi connectivity index (χ3v) is 5.00. The zero-order chi connectivity index (χ0) is 21.3. The number of hydrogen-bond donors (Lipinski definition) is 2. The molecule has 0 aliphatic heterocycles. The smallest absolute Gasteiger partial charge is 0.348 e. The first kappa shape index (κ1) is 20.0. The first-order valence-corrected chi connectivity index (χ1v) is 9.41. The van der Waals surface area contributed by atoms with Crippen molar-refractivity contribution in [2.45, 2.75) is 19.1 Å². The molecule has 2 N–H and O–H groups in total. The Morgan fingerprint density at radius 1 is 1.27 bits per heavy atom. The van der Waals surface area contributed by atoms with Crippen molar-refractivity contribution >= 4 is 39.6 Å². The molecule has 1 amide bonds. The number of rotatable bonds is 4. The number of hydrogen-bond acceptors (Lipinski definition) is 4.